The molecule has 0 spiro atoms. The first-order valence-electron chi connectivity index (χ1n) is 7.44. The summed E-state index contributed by atoms with van der Waals surface area (Å²) in [4.78, 5) is 12.0. The predicted molar refractivity (Wildman–Crippen MR) is 89.5 cm³/mol. The Hall–Kier alpha value is -1.78. The molecule has 1 aromatic heterocycles. The van der Waals surface area contributed by atoms with Crippen molar-refractivity contribution in [1.29, 1.82) is 0 Å². The third kappa shape index (κ3) is 3.70. The molecule has 3 rings (SSSR count). The molecule has 5 heteroatoms. The van der Waals surface area contributed by atoms with Crippen molar-refractivity contribution >= 4 is 18.3 Å². The Morgan fingerprint density at radius 3 is 2.55 bits per heavy atom. The highest BCUT2D eigenvalue weighted by molar-refractivity contribution is 5.92. The quantitative estimate of drug-likeness (QED) is 0.890. The van der Waals surface area contributed by atoms with Crippen molar-refractivity contribution in [3.8, 4) is 11.3 Å². The van der Waals surface area contributed by atoms with Crippen molar-refractivity contribution in [1.82, 2.24) is 10.6 Å². The van der Waals surface area contributed by atoms with Crippen molar-refractivity contribution in [2.24, 2.45) is 5.92 Å². The number of benzene rings is 1. The molecule has 4 nitrogen and oxygen atoms in total. The molecule has 0 saturated carbocycles. The molecule has 1 aromatic carbocycles. The molecular formula is C17H21ClN2O2. The molecule has 1 saturated heterocycles. The molecule has 22 heavy (non-hydrogen) atoms. The average molecular weight is 321 g/mol. The van der Waals surface area contributed by atoms with Gasteiger partial charge in [0.05, 0.1) is 0 Å². The Labute approximate surface area is 136 Å². The van der Waals surface area contributed by atoms with Gasteiger partial charge in [0.2, 0.25) is 0 Å². The van der Waals surface area contributed by atoms with Crippen LogP contribution in [-0.2, 0) is 6.42 Å². The smallest absolute Gasteiger partial charge is 0.287 e. The van der Waals surface area contributed by atoms with Gasteiger partial charge in [-0.15, -0.1) is 12.4 Å². The van der Waals surface area contributed by atoms with Crippen molar-refractivity contribution in [2.45, 2.75) is 13.3 Å². The van der Waals surface area contributed by atoms with Crippen molar-refractivity contribution in [3.05, 3.63) is 47.7 Å². The molecule has 0 bridgehead atoms. The Kier molecular flexibility index (Phi) is 5.63. The molecule has 1 aliphatic rings. The van der Waals surface area contributed by atoms with E-state index in [-0.39, 0.29) is 18.3 Å². The van der Waals surface area contributed by atoms with Crippen LogP contribution in [0.15, 0.2) is 40.8 Å². The zero-order valence-electron chi connectivity index (χ0n) is 12.6. The summed E-state index contributed by atoms with van der Waals surface area (Å²) in [6, 6.07) is 11.8. The lowest BCUT2D eigenvalue weighted by molar-refractivity contribution is 0.0915. The van der Waals surface area contributed by atoms with Crippen molar-refractivity contribution in [2.75, 3.05) is 19.6 Å². The molecular weight excluding hydrogens is 300 g/mol. The van der Waals surface area contributed by atoms with Crippen LogP contribution < -0.4 is 10.6 Å². The largest absolute Gasteiger partial charge is 0.451 e. The molecule has 118 valence electrons. The number of carbonyl (C=O) groups excluding carboxylic acids is 1. The molecule has 0 unspecified atom stereocenters. The molecule has 0 atom stereocenters. The average Bonchev–Trinajstić information content (AvgIpc) is 2.95. The fraction of sp³-hybridized carbons (Fsp3) is 0.353. The number of aryl methyl sites for hydroxylation is 1. The maximum atomic E-state index is 12.0. The number of halogens is 1. The fourth-order valence-corrected chi connectivity index (χ4v) is 2.34. The second kappa shape index (κ2) is 7.47. The minimum Gasteiger partial charge on any atom is -0.451 e. The standard InChI is InChI=1S/C17H20N2O2.ClH/c1-2-12-3-5-14(6-4-12)15-7-8-16(21-15)17(20)19-11-13-9-18-10-13;/h3-8,13,18H,2,9-11H2,1H3,(H,19,20);1H. The van der Waals surface area contributed by atoms with Crippen LogP contribution in [0.2, 0.25) is 0 Å². The van der Waals surface area contributed by atoms with Crippen LogP contribution >= 0.6 is 12.4 Å². The first kappa shape index (κ1) is 16.6. The first-order chi connectivity index (χ1) is 10.3. The molecule has 1 aliphatic heterocycles. The van der Waals surface area contributed by atoms with E-state index in [2.05, 4.69) is 29.7 Å². The highest BCUT2D eigenvalue weighted by Crippen LogP contribution is 2.22. The van der Waals surface area contributed by atoms with Crippen LogP contribution in [0.4, 0.5) is 0 Å². The van der Waals surface area contributed by atoms with E-state index in [1.54, 1.807) is 6.07 Å². The SMILES string of the molecule is CCc1ccc(-c2ccc(C(=O)NCC3CNC3)o2)cc1.Cl. The Morgan fingerprint density at radius 1 is 1.23 bits per heavy atom. The number of furan rings is 1. The number of carbonyl (C=O) groups is 1. The summed E-state index contributed by atoms with van der Waals surface area (Å²) in [7, 11) is 0. The van der Waals surface area contributed by atoms with Crippen LogP contribution in [0.3, 0.4) is 0 Å². The van der Waals surface area contributed by atoms with Gasteiger partial charge in [0.1, 0.15) is 5.76 Å². The van der Waals surface area contributed by atoms with Crippen LogP contribution in [0.25, 0.3) is 11.3 Å². The summed E-state index contributed by atoms with van der Waals surface area (Å²) in [5, 5.41) is 6.10. The predicted octanol–water partition coefficient (Wildman–Crippen LogP) is 2.88. The maximum absolute atomic E-state index is 12.0. The third-order valence-corrected chi connectivity index (χ3v) is 3.89. The number of nitrogens with one attached hydrogen (secondary N) is 2. The van der Waals surface area contributed by atoms with Gasteiger partial charge in [-0.2, -0.15) is 0 Å². The monoisotopic (exact) mass is 320 g/mol. The van der Waals surface area contributed by atoms with Crippen LogP contribution in [0.1, 0.15) is 23.0 Å². The first-order valence-corrected chi connectivity index (χ1v) is 7.44. The molecule has 1 fully saturated rings. The minimum atomic E-state index is -0.140. The van der Waals surface area contributed by atoms with E-state index in [0.29, 0.717) is 18.2 Å². The van der Waals surface area contributed by atoms with E-state index < -0.39 is 0 Å². The summed E-state index contributed by atoms with van der Waals surface area (Å²) >= 11 is 0. The highest BCUT2D eigenvalue weighted by atomic mass is 35.5. The lowest BCUT2D eigenvalue weighted by Gasteiger charge is -2.26. The number of hydrogen-bond acceptors (Lipinski definition) is 3. The highest BCUT2D eigenvalue weighted by Gasteiger charge is 2.19. The summed E-state index contributed by atoms with van der Waals surface area (Å²) in [5.41, 5.74) is 2.28. The zero-order chi connectivity index (χ0) is 14.7. The topological polar surface area (TPSA) is 54.3 Å². The van der Waals surface area contributed by atoms with Gasteiger partial charge in [0, 0.05) is 31.1 Å². The Morgan fingerprint density at radius 2 is 1.95 bits per heavy atom. The maximum Gasteiger partial charge on any atom is 0.287 e. The van der Waals surface area contributed by atoms with E-state index in [1.165, 1.54) is 5.56 Å². The zero-order valence-corrected chi connectivity index (χ0v) is 13.4. The van der Waals surface area contributed by atoms with Gasteiger partial charge in [-0.25, -0.2) is 0 Å². The van der Waals surface area contributed by atoms with Gasteiger partial charge in [-0.3, -0.25) is 4.79 Å². The molecule has 1 amide bonds. The van der Waals surface area contributed by atoms with Crippen LogP contribution in [0.5, 0.6) is 0 Å². The van der Waals surface area contributed by atoms with Crippen LogP contribution in [0, 0.1) is 5.92 Å². The Bertz CT molecular complexity index is 618. The lowest BCUT2D eigenvalue weighted by atomic mass is 10.0. The van der Waals surface area contributed by atoms with Gasteiger partial charge >= 0.3 is 0 Å². The van der Waals surface area contributed by atoms with Crippen molar-refractivity contribution < 1.29 is 9.21 Å². The molecule has 2 aromatic rings. The fourth-order valence-electron chi connectivity index (χ4n) is 2.34. The van der Waals surface area contributed by atoms with Crippen LogP contribution in [-0.4, -0.2) is 25.5 Å². The molecule has 0 radical (unpaired) electrons. The summed E-state index contributed by atoms with van der Waals surface area (Å²) < 4.78 is 5.66. The van der Waals surface area contributed by atoms with Gasteiger partial charge in [-0.05, 0) is 24.1 Å². The Balaban J connectivity index is 0.00000176. The van der Waals surface area contributed by atoms with Gasteiger partial charge in [-0.1, -0.05) is 31.2 Å². The lowest BCUT2D eigenvalue weighted by Crippen LogP contribution is -2.48. The van der Waals surface area contributed by atoms with Crippen molar-refractivity contribution in [3.63, 3.8) is 0 Å². The number of amides is 1. The van der Waals surface area contributed by atoms with Gasteiger partial charge in [0.15, 0.2) is 5.76 Å². The normalized spacial score (nSPS) is 14.0. The number of hydrogen-bond donors (Lipinski definition) is 2. The van der Waals surface area contributed by atoms with E-state index in [1.807, 2.05) is 18.2 Å². The summed E-state index contributed by atoms with van der Waals surface area (Å²) in [6.45, 7) is 4.79. The second-order valence-electron chi connectivity index (χ2n) is 5.45. The molecule has 2 heterocycles. The van der Waals surface area contributed by atoms with Gasteiger partial charge in [0.25, 0.3) is 5.91 Å². The van der Waals surface area contributed by atoms with E-state index in [4.69, 9.17) is 4.42 Å². The third-order valence-electron chi connectivity index (χ3n) is 3.89. The van der Waals surface area contributed by atoms with E-state index in [0.717, 1.165) is 30.8 Å². The second-order valence-corrected chi connectivity index (χ2v) is 5.45. The summed E-state index contributed by atoms with van der Waals surface area (Å²) in [5.74, 6) is 1.51. The number of rotatable bonds is 5. The molecule has 2 N–H and O–H groups in total. The summed E-state index contributed by atoms with van der Waals surface area (Å²) in [6.07, 6.45) is 1.02. The van der Waals surface area contributed by atoms with Gasteiger partial charge < -0.3 is 15.1 Å². The van der Waals surface area contributed by atoms with E-state index >= 15 is 0 Å². The molecule has 0 aliphatic carbocycles. The van der Waals surface area contributed by atoms with E-state index in [9.17, 15) is 4.79 Å². The minimum absolute atomic E-state index is 0.